The van der Waals surface area contributed by atoms with Crippen molar-refractivity contribution in [3.05, 3.63) is 89.6 Å². The zero-order chi connectivity index (χ0) is 24.4. The molecule has 3 heterocycles. The SMILES string of the molecule is Cc1ccc(NC(=O)c2ccc(Cl)cc2)cc1Nc1ncccc1-c1ncnc2c1ncn2PI. The molecular formula is C24H18ClIN7OP. The maximum Gasteiger partial charge on any atom is 0.255 e. The van der Waals surface area contributed by atoms with Gasteiger partial charge in [-0.1, -0.05) is 17.7 Å². The van der Waals surface area contributed by atoms with Gasteiger partial charge in [-0.15, -0.1) is 0 Å². The minimum atomic E-state index is -0.218. The number of nitrogens with zero attached hydrogens (tertiary/aromatic N) is 5. The number of carbonyl (C=O) groups is 1. The van der Waals surface area contributed by atoms with Gasteiger partial charge in [0.2, 0.25) is 0 Å². The van der Waals surface area contributed by atoms with Crippen LogP contribution in [0.15, 0.2) is 73.4 Å². The third kappa shape index (κ3) is 4.98. The van der Waals surface area contributed by atoms with E-state index in [1.807, 2.05) is 41.6 Å². The topological polar surface area (TPSA) is 97.6 Å². The summed E-state index contributed by atoms with van der Waals surface area (Å²) in [5.74, 6) is 0.410. The number of hydrogen-bond donors (Lipinski definition) is 2. The Kier molecular flexibility index (Phi) is 6.90. The van der Waals surface area contributed by atoms with Crippen molar-refractivity contribution in [2.45, 2.75) is 6.92 Å². The Labute approximate surface area is 220 Å². The molecule has 11 heteroatoms. The molecule has 0 radical (unpaired) electrons. The molecule has 8 nitrogen and oxygen atoms in total. The van der Waals surface area contributed by atoms with Crippen LogP contribution in [0.4, 0.5) is 17.2 Å². The van der Waals surface area contributed by atoms with E-state index in [9.17, 15) is 4.79 Å². The second kappa shape index (κ2) is 10.2. The van der Waals surface area contributed by atoms with Gasteiger partial charge in [-0.25, -0.2) is 19.9 Å². The van der Waals surface area contributed by atoms with Crippen LogP contribution in [-0.4, -0.2) is 30.2 Å². The number of fused-ring (bicyclic) bond motifs is 1. The third-order valence-electron chi connectivity index (χ3n) is 5.34. The molecule has 0 fully saturated rings. The van der Waals surface area contributed by atoms with Crippen LogP contribution in [-0.2, 0) is 0 Å². The maximum absolute atomic E-state index is 12.7. The molecule has 1 amide bonds. The van der Waals surface area contributed by atoms with Crippen molar-refractivity contribution in [2.75, 3.05) is 10.6 Å². The molecule has 5 rings (SSSR count). The number of benzene rings is 2. The number of aryl methyl sites for hydroxylation is 1. The molecule has 0 aliphatic carbocycles. The molecule has 0 saturated carbocycles. The lowest BCUT2D eigenvalue weighted by Gasteiger charge is -2.14. The van der Waals surface area contributed by atoms with Gasteiger partial charge in [-0.2, -0.15) is 0 Å². The molecule has 1 unspecified atom stereocenters. The first kappa shape index (κ1) is 23.6. The highest BCUT2D eigenvalue weighted by molar-refractivity contribution is 14.2. The lowest BCUT2D eigenvalue weighted by molar-refractivity contribution is 0.102. The first-order chi connectivity index (χ1) is 17.0. The number of carbonyl (C=O) groups excluding carboxylic acids is 1. The quantitative estimate of drug-likeness (QED) is 0.165. The van der Waals surface area contributed by atoms with E-state index < -0.39 is 0 Å². The second-order valence-electron chi connectivity index (χ2n) is 7.61. The van der Waals surface area contributed by atoms with Crippen LogP contribution in [0.1, 0.15) is 15.9 Å². The number of hydrogen-bond acceptors (Lipinski definition) is 6. The Bertz CT molecular complexity index is 1540. The predicted molar refractivity (Wildman–Crippen MR) is 150 cm³/mol. The van der Waals surface area contributed by atoms with Gasteiger partial charge >= 0.3 is 0 Å². The maximum atomic E-state index is 12.7. The summed E-state index contributed by atoms with van der Waals surface area (Å²) in [6, 6.07) is 16.2. The fourth-order valence-electron chi connectivity index (χ4n) is 3.56. The van der Waals surface area contributed by atoms with Gasteiger partial charge in [0.25, 0.3) is 5.91 Å². The molecule has 0 bridgehead atoms. The van der Waals surface area contributed by atoms with Crippen molar-refractivity contribution in [1.82, 2.24) is 24.3 Å². The zero-order valence-electron chi connectivity index (χ0n) is 18.3. The predicted octanol–water partition coefficient (Wildman–Crippen LogP) is 6.64. The van der Waals surface area contributed by atoms with E-state index in [-0.39, 0.29) is 5.91 Å². The normalized spacial score (nSPS) is 11.3. The van der Waals surface area contributed by atoms with Crippen molar-refractivity contribution in [2.24, 2.45) is 0 Å². The average molecular weight is 614 g/mol. The second-order valence-corrected chi connectivity index (χ2v) is 10.1. The lowest BCUT2D eigenvalue weighted by atomic mass is 10.1. The average Bonchev–Trinajstić information content (AvgIpc) is 3.30. The summed E-state index contributed by atoms with van der Waals surface area (Å²) in [6.07, 6.45) is 5.52. The minimum absolute atomic E-state index is 0.218. The highest BCUT2D eigenvalue weighted by atomic mass is 127. The van der Waals surface area contributed by atoms with E-state index in [0.717, 1.165) is 22.5 Å². The Morgan fingerprint density at radius 1 is 1.06 bits per heavy atom. The van der Waals surface area contributed by atoms with Crippen molar-refractivity contribution in [1.29, 1.82) is 0 Å². The van der Waals surface area contributed by atoms with E-state index in [4.69, 9.17) is 11.6 Å². The molecular weight excluding hydrogens is 596 g/mol. The summed E-state index contributed by atoms with van der Waals surface area (Å²) in [4.78, 5) is 30.7. The summed E-state index contributed by atoms with van der Waals surface area (Å²) < 4.78 is 1.99. The lowest BCUT2D eigenvalue weighted by Crippen LogP contribution is -2.12. The fourth-order valence-corrected chi connectivity index (χ4v) is 5.09. The van der Waals surface area contributed by atoms with Crippen molar-refractivity contribution < 1.29 is 4.79 Å². The Balaban J connectivity index is 1.46. The van der Waals surface area contributed by atoms with Crippen LogP contribution < -0.4 is 10.6 Å². The Morgan fingerprint density at radius 2 is 1.89 bits per heavy atom. The van der Waals surface area contributed by atoms with Gasteiger partial charge in [0.15, 0.2) is 5.65 Å². The molecule has 5 aromatic rings. The molecule has 35 heavy (non-hydrogen) atoms. The van der Waals surface area contributed by atoms with Gasteiger partial charge in [0, 0.05) is 33.7 Å². The Morgan fingerprint density at radius 3 is 2.69 bits per heavy atom. The van der Waals surface area contributed by atoms with Gasteiger partial charge in [-0.3, -0.25) is 9.13 Å². The minimum Gasteiger partial charge on any atom is -0.339 e. The standard InChI is InChI=1S/C24H18ClIN7OP/c1-14-4-9-17(31-24(34)15-5-7-16(25)8-6-15)11-19(14)32-22-18(3-2-10-27-22)20-21-23(29-12-28-20)33(35-26)13-30-21/h2-13,35H,1H3,(H,27,32)(H,31,34). The van der Waals surface area contributed by atoms with E-state index in [1.54, 1.807) is 43.1 Å². The third-order valence-corrected chi connectivity index (χ3v) is 7.66. The van der Waals surface area contributed by atoms with Crippen molar-refractivity contribution >= 4 is 74.3 Å². The number of imidazole rings is 1. The van der Waals surface area contributed by atoms with E-state index in [2.05, 4.69) is 52.6 Å². The first-order valence-electron chi connectivity index (χ1n) is 10.5. The van der Waals surface area contributed by atoms with Crippen molar-refractivity contribution in [3.63, 3.8) is 0 Å². The number of amides is 1. The molecule has 3 aromatic heterocycles. The molecule has 0 aliphatic rings. The van der Waals surface area contributed by atoms with Crippen LogP contribution in [0.25, 0.3) is 22.4 Å². The highest BCUT2D eigenvalue weighted by Gasteiger charge is 2.16. The largest absolute Gasteiger partial charge is 0.339 e. The van der Waals surface area contributed by atoms with Gasteiger partial charge in [0.05, 0.1) is 6.37 Å². The van der Waals surface area contributed by atoms with E-state index in [0.29, 0.717) is 39.7 Å². The number of aromatic nitrogens is 5. The van der Waals surface area contributed by atoms with Crippen LogP contribution in [0.5, 0.6) is 0 Å². The molecule has 0 spiro atoms. The summed E-state index contributed by atoms with van der Waals surface area (Å²) in [6.45, 7) is 1.99. The van der Waals surface area contributed by atoms with Crippen LogP contribution >= 0.6 is 40.0 Å². The Hall–Kier alpha value is -3.14. The fraction of sp³-hybridized carbons (Fsp3) is 0.0417. The van der Waals surface area contributed by atoms with Crippen LogP contribution in [0.2, 0.25) is 5.02 Å². The molecule has 2 N–H and O–H groups in total. The molecule has 2 aromatic carbocycles. The smallest absolute Gasteiger partial charge is 0.255 e. The van der Waals surface area contributed by atoms with Gasteiger partial charge < -0.3 is 10.6 Å². The first-order valence-corrected chi connectivity index (χ1v) is 14.9. The zero-order valence-corrected chi connectivity index (χ0v) is 22.2. The van der Waals surface area contributed by atoms with E-state index in [1.165, 1.54) is 0 Å². The summed E-state index contributed by atoms with van der Waals surface area (Å²) in [5, 5.41) is 6.93. The summed E-state index contributed by atoms with van der Waals surface area (Å²) >= 11 is 8.23. The van der Waals surface area contributed by atoms with Crippen molar-refractivity contribution in [3.8, 4) is 11.3 Å². The summed E-state index contributed by atoms with van der Waals surface area (Å²) in [5.41, 5.74) is 5.98. The van der Waals surface area contributed by atoms with Gasteiger partial charge in [0.1, 0.15) is 29.7 Å². The highest BCUT2D eigenvalue weighted by Crippen LogP contribution is 2.35. The number of nitrogens with one attached hydrogen (secondary N) is 2. The number of anilines is 3. The summed E-state index contributed by atoms with van der Waals surface area (Å²) in [7, 11) is 0. The van der Waals surface area contributed by atoms with Crippen LogP contribution in [0.3, 0.4) is 0 Å². The van der Waals surface area contributed by atoms with Crippen LogP contribution in [0, 0.1) is 6.92 Å². The molecule has 174 valence electrons. The molecule has 1 atom stereocenters. The number of rotatable bonds is 6. The molecule has 0 aliphatic heterocycles. The van der Waals surface area contributed by atoms with Gasteiger partial charge in [-0.05, 0) is 83.1 Å². The number of halogens is 2. The van der Waals surface area contributed by atoms with E-state index >= 15 is 0 Å². The number of pyridine rings is 1. The monoisotopic (exact) mass is 613 g/mol. The molecule has 0 saturated heterocycles.